The first-order valence-corrected chi connectivity index (χ1v) is 10.0. The number of hydrogen-bond donors (Lipinski definition) is 3. The standard InChI is InChI=1S/C19H18N8OS/c1-11-8-15(26-25-11)23-19-24-17(9-16-20-10-21-27(16)19)29-14-6-4-13(5-7-14)22-18(28)12-2-3-12/h4-10,12H,2-3H2,1H3,(H,22,28)(H2,23,24,25,26). The Morgan fingerprint density at radius 1 is 1.24 bits per heavy atom. The molecule has 29 heavy (non-hydrogen) atoms. The van der Waals surface area contributed by atoms with E-state index in [9.17, 15) is 4.79 Å². The summed E-state index contributed by atoms with van der Waals surface area (Å²) in [6.45, 7) is 1.93. The quantitative estimate of drug-likeness (QED) is 0.421. The van der Waals surface area contributed by atoms with Crippen molar-refractivity contribution < 1.29 is 4.79 Å². The van der Waals surface area contributed by atoms with Crippen LogP contribution < -0.4 is 10.6 Å². The molecule has 1 saturated carbocycles. The van der Waals surface area contributed by atoms with Crippen molar-refractivity contribution in [2.75, 3.05) is 10.6 Å². The number of nitrogens with one attached hydrogen (secondary N) is 3. The van der Waals surface area contributed by atoms with Crippen LogP contribution >= 0.6 is 11.8 Å². The summed E-state index contributed by atoms with van der Waals surface area (Å²) in [5, 5.41) is 18.2. The van der Waals surface area contributed by atoms with Crippen LogP contribution in [-0.4, -0.2) is 35.7 Å². The second-order valence-electron chi connectivity index (χ2n) is 6.90. The molecule has 0 aliphatic heterocycles. The third-order valence-corrected chi connectivity index (χ3v) is 5.41. The number of carbonyl (C=O) groups is 1. The van der Waals surface area contributed by atoms with E-state index in [0.29, 0.717) is 17.4 Å². The zero-order valence-corrected chi connectivity index (χ0v) is 16.4. The molecular weight excluding hydrogens is 388 g/mol. The van der Waals surface area contributed by atoms with Crippen LogP contribution in [0.15, 0.2) is 52.6 Å². The number of nitrogens with zero attached hydrogens (tertiary/aromatic N) is 5. The zero-order valence-electron chi connectivity index (χ0n) is 15.6. The molecule has 0 saturated heterocycles. The van der Waals surface area contributed by atoms with E-state index in [4.69, 9.17) is 0 Å². The number of hydrogen-bond acceptors (Lipinski definition) is 7. The fourth-order valence-corrected chi connectivity index (χ4v) is 3.66. The maximum absolute atomic E-state index is 11.9. The van der Waals surface area contributed by atoms with Gasteiger partial charge in [0.25, 0.3) is 0 Å². The highest BCUT2D eigenvalue weighted by Crippen LogP contribution is 2.32. The molecule has 1 aliphatic carbocycles. The normalized spacial score (nSPS) is 13.6. The van der Waals surface area contributed by atoms with Crippen LogP contribution in [0.2, 0.25) is 0 Å². The SMILES string of the molecule is Cc1cc(Nc2nc(Sc3ccc(NC(=O)C4CC4)cc3)cc3ncnn23)n[nH]1. The van der Waals surface area contributed by atoms with E-state index < -0.39 is 0 Å². The molecule has 5 rings (SSSR count). The highest BCUT2D eigenvalue weighted by Gasteiger charge is 2.29. The van der Waals surface area contributed by atoms with Crippen molar-refractivity contribution in [1.82, 2.24) is 29.8 Å². The third kappa shape index (κ3) is 3.92. The minimum absolute atomic E-state index is 0.105. The molecule has 3 heterocycles. The van der Waals surface area contributed by atoms with E-state index in [1.807, 2.05) is 43.3 Å². The molecule has 3 N–H and O–H groups in total. The van der Waals surface area contributed by atoms with Crippen molar-refractivity contribution in [3.63, 3.8) is 0 Å². The molecule has 0 radical (unpaired) electrons. The van der Waals surface area contributed by atoms with Gasteiger partial charge in [-0.25, -0.2) is 9.97 Å². The lowest BCUT2D eigenvalue weighted by Crippen LogP contribution is -2.12. The van der Waals surface area contributed by atoms with E-state index in [0.717, 1.165) is 34.1 Å². The van der Waals surface area contributed by atoms with Crippen LogP contribution in [-0.2, 0) is 4.79 Å². The van der Waals surface area contributed by atoms with E-state index in [1.165, 1.54) is 18.1 Å². The monoisotopic (exact) mass is 406 g/mol. The van der Waals surface area contributed by atoms with Crippen LogP contribution in [0.25, 0.3) is 5.65 Å². The van der Waals surface area contributed by atoms with E-state index in [2.05, 4.69) is 35.9 Å². The van der Waals surface area contributed by atoms with Gasteiger partial charge in [0.2, 0.25) is 11.9 Å². The number of rotatable bonds is 6. The van der Waals surface area contributed by atoms with Crippen LogP contribution in [0.1, 0.15) is 18.5 Å². The number of aryl methyl sites for hydroxylation is 1. The minimum atomic E-state index is 0.105. The van der Waals surface area contributed by atoms with Gasteiger partial charge >= 0.3 is 0 Å². The summed E-state index contributed by atoms with van der Waals surface area (Å²) in [6.07, 6.45) is 3.47. The lowest BCUT2D eigenvalue weighted by Gasteiger charge is -2.08. The van der Waals surface area contributed by atoms with Crippen molar-refractivity contribution in [2.24, 2.45) is 5.92 Å². The summed E-state index contributed by atoms with van der Waals surface area (Å²) < 4.78 is 1.63. The number of carbonyl (C=O) groups excluding carboxylic acids is 1. The van der Waals surface area contributed by atoms with E-state index >= 15 is 0 Å². The Kier molecular flexibility index (Phi) is 4.39. The second-order valence-corrected chi connectivity index (χ2v) is 7.99. The smallest absolute Gasteiger partial charge is 0.232 e. The Labute approximate surface area is 170 Å². The van der Waals surface area contributed by atoms with Crippen LogP contribution in [0.5, 0.6) is 0 Å². The molecule has 4 aromatic rings. The van der Waals surface area contributed by atoms with Gasteiger partial charge in [0, 0.05) is 34.3 Å². The van der Waals surface area contributed by atoms with Crippen LogP contribution in [0.3, 0.4) is 0 Å². The van der Waals surface area contributed by atoms with Gasteiger partial charge in [0.05, 0.1) is 0 Å². The molecule has 0 bridgehead atoms. The predicted molar refractivity (Wildman–Crippen MR) is 109 cm³/mol. The molecule has 0 atom stereocenters. The van der Waals surface area contributed by atoms with Gasteiger partial charge in [-0.3, -0.25) is 9.89 Å². The number of aromatic nitrogens is 6. The van der Waals surface area contributed by atoms with Gasteiger partial charge in [0.1, 0.15) is 11.4 Å². The Balaban J connectivity index is 1.36. The van der Waals surface area contributed by atoms with Gasteiger partial charge in [-0.2, -0.15) is 14.7 Å². The first-order chi connectivity index (χ1) is 14.1. The Bertz CT molecular complexity index is 1180. The number of benzene rings is 1. The molecule has 146 valence electrons. The first kappa shape index (κ1) is 17.7. The number of fused-ring (bicyclic) bond motifs is 1. The molecule has 9 nitrogen and oxygen atoms in total. The molecule has 0 unspecified atom stereocenters. The maximum atomic E-state index is 11.9. The van der Waals surface area contributed by atoms with Gasteiger partial charge in [-0.05, 0) is 44.0 Å². The van der Waals surface area contributed by atoms with Gasteiger partial charge in [-0.1, -0.05) is 11.8 Å². The van der Waals surface area contributed by atoms with Crippen molar-refractivity contribution in [1.29, 1.82) is 0 Å². The van der Waals surface area contributed by atoms with Crippen molar-refractivity contribution in [3.8, 4) is 0 Å². The van der Waals surface area contributed by atoms with E-state index in [1.54, 1.807) is 4.52 Å². The maximum Gasteiger partial charge on any atom is 0.232 e. The summed E-state index contributed by atoms with van der Waals surface area (Å²) in [7, 11) is 0. The molecule has 1 aromatic carbocycles. The van der Waals surface area contributed by atoms with Crippen molar-refractivity contribution in [2.45, 2.75) is 29.7 Å². The van der Waals surface area contributed by atoms with Crippen molar-refractivity contribution in [3.05, 3.63) is 48.4 Å². The summed E-state index contributed by atoms with van der Waals surface area (Å²) >= 11 is 1.51. The topological polar surface area (TPSA) is 113 Å². The van der Waals surface area contributed by atoms with Gasteiger partial charge in [0.15, 0.2) is 11.5 Å². The Morgan fingerprint density at radius 3 is 2.79 bits per heavy atom. The number of aromatic amines is 1. The zero-order chi connectivity index (χ0) is 19.8. The number of H-pyrrole nitrogens is 1. The summed E-state index contributed by atoms with van der Waals surface area (Å²) in [4.78, 5) is 21.8. The Morgan fingerprint density at radius 2 is 2.07 bits per heavy atom. The fraction of sp³-hybridized carbons (Fsp3) is 0.211. The average Bonchev–Trinajstić information content (AvgIpc) is 3.32. The molecule has 0 spiro atoms. The highest BCUT2D eigenvalue weighted by atomic mass is 32.2. The fourth-order valence-electron chi connectivity index (χ4n) is 2.85. The van der Waals surface area contributed by atoms with Crippen LogP contribution in [0, 0.1) is 12.8 Å². The summed E-state index contributed by atoms with van der Waals surface area (Å²) in [6, 6.07) is 11.5. The summed E-state index contributed by atoms with van der Waals surface area (Å²) in [5.41, 5.74) is 2.44. The van der Waals surface area contributed by atoms with Crippen molar-refractivity contribution >= 4 is 40.8 Å². The van der Waals surface area contributed by atoms with Gasteiger partial charge in [-0.15, -0.1) is 0 Å². The van der Waals surface area contributed by atoms with Gasteiger partial charge < -0.3 is 10.6 Å². The highest BCUT2D eigenvalue weighted by molar-refractivity contribution is 7.99. The van der Waals surface area contributed by atoms with E-state index in [-0.39, 0.29) is 11.8 Å². The van der Waals surface area contributed by atoms with Crippen LogP contribution in [0.4, 0.5) is 17.5 Å². The number of anilines is 3. The minimum Gasteiger partial charge on any atom is -0.326 e. The molecule has 1 amide bonds. The molecule has 1 aliphatic rings. The summed E-state index contributed by atoms with van der Waals surface area (Å²) in [5.74, 6) is 1.48. The molecule has 3 aromatic heterocycles. The third-order valence-electron chi connectivity index (χ3n) is 4.48. The second kappa shape index (κ2) is 7.21. The largest absolute Gasteiger partial charge is 0.326 e. The Hall–Kier alpha value is -3.40. The molecule has 10 heteroatoms. The number of amides is 1. The lowest BCUT2D eigenvalue weighted by atomic mass is 10.3. The lowest BCUT2D eigenvalue weighted by molar-refractivity contribution is -0.117. The predicted octanol–water partition coefficient (Wildman–Crippen LogP) is 3.40. The molecular formula is C19H18N8OS. The molecule has 1 fully saturated rings. The first-order valence-electron chi connectivity index (χ1n) is 9.23. The average molecular weight is 406 g/mol.